The molecule has 2 aromatic rings. The summed E-state index contributed by atoms with van der Waals surface area (Å²) in [5.41, 5.74) is 0.384. The Morgan fingerprint density at radius 3 is 2.76 bits per heavy atom. The Labute approximate surface area is 174 Å². The normalized spacial score (nSPS) is 21.0. The molecule has 0 radical (unpaired) electrons. The summed E-state index contributed by atoms with van der Waals surface area (Å²) in [5.74, 6) is 0.187. The number of hydrogen-bond donors (Lipinski definition) is 2. The van der Waals surface area contributed by atoms with Gasteiger partial charge in [0.25, 0.3) is 0 Å². The van der Waals surface area contributed by atoms with E-state index in [2.05, 4.69) is 10.6 Å². The van der Waals surface area contributed by atoms with Gasteiger partial charge in [0.05, 0.1) is 22.5 Å². The average Bonchev–Trinajstić information content (AvgIpc) is 2.68. The van der Waals surface area contributed by atoms with Crippen LogP contribution < -0.4 is 10.6 Å². The van der Waals surface area contributed by atoms with E-state index in [0.717, 1.165) is 46.5 Å². The molecule has 2 N–H and O–H groups in total. The number of anilines is 1. The molecule has 2 aliphatic rings. The molecule has 0 saturated carbocycles. The van der Waals surface area contributed by atoms with Crippen LogP contribution in [0, 0.1) is 0 Å². The minimum Gasteiger partial charge on any atom is -0.349 e. The highest BCUT2D eigenvalue weighted by molar-refractivity contribution is 8.01. The van der Waals surface area contributed by atoms with Gasteiger partial charge >= 0.3 is 6.18 Å². The predicted octanol–water partition coefficient (Wildman–Crippen LogP) is 4.86. The van der Waals surface area contributed by atoms with Gasteiger partial charge in [0.15, 0.2) is 0 Å². The van der Waals surface area contributed by atoms with Crippen molar-refractivity contribution < 1.29 is 22.8 Å². The van der Waals surface area contributed by atoms with Crippen molar-refractivity contribution in [2.75, 3.05) is 11.1 Å². The number of rotatable bonds is 3. The second kappa shape index (κ2) is 7.95. The first kappa shape index (κ1) is 20.2. The Morgan fingerprint density at radius 2 is 1.97 bits per heavy atom. The summed E-state index contributed by atoms with van der Waals surface area (Å²) in [6, 6.07) is 11.0. The van der Waals surface area contributed by atoms with Crippen molar-refractivity contribution in [1.82, 2.24) is 5.32 Å². The number of carbonyl (C=O) groups excluding carboxylic acids is 2. The minimum absolute atomic E-state index is 0.0389. The zero-order valence-electron chi connectivity index (χ0n) is 15.1. The smallest absolute Gasteiger partial charge is 0.349 e. The average molecular weight is 438 g/mol. The number of halogens is 3. The van der Waals surface area contributed by atoms with E-state index in [9.17, 15) is 22.8 Å². The molecule has 4 nitrogen and oxygen atoms in total. The summed E-state index contributed by atoms with van der Waals surface area (Å²) >= 11 is 2.87. The van der Waals surface area contributed by atoms with Gasteiger partial charge in [0, 0.05) is 22.0 Å². The summed E-state index contributed by atoms with van der Waals surface area (Å²) in [5, 5.41) is 4.82. The quantitative estimate of drug-likeness (QED) is 0.719. The second-order valence-corrected chi connectivity index (χ2v) is 9.18. The molecule has 9 heteroatoms. The molecule has 2 atom stereocenters. The highest BCUT2D eigenvalue weighted by Gasteiger charge is 2.34. The first-order chi connectivity index (χ1) is 13.8. The molecule has 2 aliphatic heterocycles. The van der Waals surface area contributed by atoms with Crippen LogP contribution in [0.4, 0.5) is 18.9 Å². The van der Waals surface area contributed by atoms with Crippen molar-refractivity contribution in [2.45, 2.75) is 40.1 Å². The molecule has 152 valence electrons. The Kier molecular flexibility index (Phi) is 5.52. The van der Waals surface area contributed by atoms with E-state index in [0.29, 0.717) is 4.90 Å². The van der Waals surface area contributed by atoms with Gasteiger partial charge in [-0.1, -0.05) is 18.2 Å². The molecular formula is C20H17F3N2O2S2. The highest BCUT2D eigenvalue weighted by atomic mass is 32.2. The third-order valence-electron chi connectivity index (χ3n) is 4.79. The Balaban J connectivity index is 1.43. The number of alkyl halides is 3. The van der Waals surface area contributed by atoms with Gasteiger partial charge in [-0.25, -0.2) is 0 Å². The molecule has 4 rings (SSSR count). The fourth-order valence-electron chi connectivity index (χ4n) is 3.37. The van der Waals surface area contributed by atoms with Gasteiger partial charge in [-0.05, 0) is 36.2 Å². The SMILES string of the molecule is O=C(CC1Sc2ccc(C(F)(F)F)cc2NC1=O)NC1CCSc2ccccc21. The molecule has 0 spiro atoms. The van der Waals surface area contributed by atoms with E-state index in [1.165, 1.54) is 6.07 Å². The number of fused-ring (bicyclic) bond motifs is 2. The first-order valence-electron chi connectivity index (χ1n) is 9.01. The highest BCUT2D eigenvalue weighted by Crippen LogP contribution is 2.41. The van der Waals surface area contributed by atoms with Crippen molar-refractivity contribution in [1.29, 1.82) is 0 Å². The third-order valence-corrected chi connectivity index (χ3v) is 7.19. The lowest BCUT2D eigenvalue weighted by molar-refractivity contribution is -0.137. The van der Waals surface area contributed by atoms with E-state index in [1.807, 2.05) is 24.3 Å². The van der Waals surface area contributed by atoms with Crippen LogP contribution in [0.25, 0.3) is 0 Å². The van der Waals surface area contributed by atoms with Gasteiger partial charge in [0.2, 0.25) is 11.8 Å². The molecule has 2 amide bonds. The van der Waals surface area contributed by atoms with Gasteiger partial charge in [-0.15, -0.1) is 23.5 Å². The van der Waals surface area contributed by atoms with Crippen LogP contribution in [0.2, 0.25) is 0 Å². The zero-order valence-corrected chi connectivity index (χ0v) is 16.7. The number of thioether (sulfide) groups is 2. The van der Waals surface area contributed by atoms with Crippen molar-refractivity contribution in [3.8, 4) is 0 Å². The summed E-state index contributed by atoms with van der Waals surface area (Å²) in [6.07, 6.45) is -3.71. The summed E-state index contributed by atoms with van der Waals surface area (Å²) in [7, 11) is 0. The standard InChI is InChI=1S/C20H17F3N2O2S2/c21-20(22,23)11-5-6-16-14(9-11)25-19(27)17(29-16)10-18(26)24-13-7-8-28-15-4-2-1-3-12(13)15/h1-6,9,13,17H,7-8,10H2,(H,24,26)(H,25,27). The fourth-order valence-corrected chi connectivity index (χ4v) is 5.59. The molecule has 2 heterocycles. The van der Waals surface area contributed by atoms with Gasteiger partial charge < -0.3 is 10.6 Å². The van der Waals surface area contributed by atoms with Crippen LogP contribution >= 0.6 is 23.5 Å². The van der Waals surface area contributed by atoms with E-state index < -0.39 is 22.9 Å². The lowest BCUT2D eigenvalue weighted by atomic mass is 10.0. The maximum atomic E-state index is 12.9. The topological polar surface area (TPSA) is 58.2 Å². The maximum Gasteiger partial charge on any atom is 0.416 e. The summed E-state index contributed by atoms with van der Waals surface area (Å²) < 4.78 is 38.6. The van der Waals surface area contributed by atoms with Crippen LogP contribution in [-0.4, -0.2) is 22.8 Å². The number of hydrogen-bond acceptors (Lipinski definition) is 4. The molecular weight excluding hydrogens is 421 g/mol. The van der Waals surface area contributed by atoms with Crippen molar-refractivity contribution in [3.63, 3.8) is 0 Å². The number of carbonyl (C=O) groups is 2. The summed E-state index contributed by atoms with van der Waals surface area (Å²) in [4.78, 5) is 26.6. The molecule has 0 bridgehead atoms. The monoisotopic (exact) mass is 438 g/mol. The Hall–Kier alpha value is -2.13. The molecule has 2 unspecified atom stereocenters. The number of amides is 2. The van der Waals surface area contributed by atoms with Crippen molar-refractivity contribution in [3.05, 3.63) is 53.6 Å². The number of benzene rings is 2. The van der Waals surface area contributed by atoms with Crippen LogP contribution in [0.1, 0.15) is 30.0 Å². The van der Waals surface area contributed by atoms with Crippen molar-refractivity contribution >= 4 is 41.0 Å². The van der Waals surface area contributed by atoms with Gasteiger partial charge in [0.1, 0.15) is 0 Å². The second-order valence-electron chi connectivity index (χ2n) is 6.80. The lowest BCUT2D eigenvalue weighted by Gasteiger charge is -2.28. The van der Waals surface area contributed by atoms with Crippen LogP contribution in [0.3, 0.4) is 0 Å². The van der Waals surface area contributed by atoms with E-state index >= 15 is 0 Å². The van der Waals surface area contributed by atoms with Crippen molar-refractivity contribution in [2.24, 2.45) is 0 Å². The zero-order chi connectivity index (χ0) is 20.6. The van der Waals surface area contributed by atoms with Crippen LogP contribution in [-0.2, 0) is 15.8 Å². The van der Waals surface area contributed by atoms with E-state index in [4.69, 9.17) is 0 Å². The largest absolute Gasteiger partial charge is 0.416 e. The van der Waals surface area contributed by atoms with Crippen LogP contribution in [0.15, 0.2) is 52.3 Å². The molecule has 0 aromatic heterocycles. The Bertz CT molecular complexity index is 965. The van der Waals surface area contributed by atoms with Gasteiger partial charge in [-0.3, -0.25) is 9.59 Å². The number of nitrogens with one attached hydrogen (secondary N) is 2. The molecule has 2 aromatic carbocycles. The third kappa shape index (κ3) is 4.40. The van der Waals surface area contributed by atoms with Crippen LogP contribution in [0.5, 0.6) is 0 Å². The Morgan fingerprint density at radius 1 is 1.17 bits per heavy atom. The van der Waals surface area contributed by atoms with Gasteiger partial charge in [-0.2, -0.15) is 13.2 Å². The lowest BCUT2D eigenvalue weighted by Crippen LogP contribution is -2.37. The summed E-state index contributed by atoms with van der Waals surface area (Å²) in [6.45, 7) is 0. The maximum absolute atomic E-state index is 12.9. The molecule has 0 saturated heterocycles. The fraction of sp³-hybridized carbons (Fsp3) is 0.300. The minimum atomic E-state index is -4.48. The molecule has 29 heavy (non-hydrogen) atoms. The van der Waals surface area contributed by atoms with E-state index in [-0.39, 0.29) is 24.1 Å². The van der Waals surface area contributed by atoms with E-state index in [1.54, 1.807) is 11.8 Å². The molecule has 0 fully saturated rings. The predicted molar refractivity (Wildman–Crippen MR) is 107 cm³/mol. The first-order valence-corrected chi connectivity index (χ1v) is 10.9. The molecule has 0 aliphatic carbocycles.